The van der Waals surface area contributed by atoms with E-state index < -0.39 is 0 Å². The summed E-state index contributed by atoms with van der Waals surface area (Å²) >= 11 is 0. The summed E-state index contributed by atoms with van der Waals surface area (Å²) in [5.74, 6) is 0. The smallest absolute Gasteiger partial charge is 0.107 e. The first kappa shape index (κ1) is 18.1. The molecular weight excluding hydrogens is 236 g/mol. The quantitative estimate of drug-likeness (QED) is 0.333. The van der Waals surface area contributed by atoms with Crippen LogP contribution in [0.1, 0.15) is 64.9 Å². The maximum Gasteiger partial charge on any atom is 0.107 e. The molecule has 0 aliphatic carbocycles. The number of benzene rings is 1. The van der Waals surface area contributed by atoms with Crippen molar-refractivity contribution < 1.29 is 9.78 Å². The van der Waals surface area contributed by atoms with Gasteiger partial charge in [0.15, 0.2) is 0 Å². The lowest BCUT2D eigenvalue weighted by atomic mass is 10.2. The van der Waals surface area contributed by atoms with Gasteiger partial charge in [0.25, 0.3) is 0 Å². The second-order valence-electron chi connectivity index (χ2n) is 4.63. The molecule has 1 aromatic rings. The highest BCUT2D eigenvalue weighted by Crippen LogP contribution is 2.01. The fourth-order valence-electron chi connectivity index (χ4n) is 1.51. The first-order chi connectivity index (χ1) is 9.35. The summed E-state index contributed by atoms with van der Waals surface area (Å²) in [6, 6.07) is 10.0. The second kappa shape index (κ2) is 15.2. The fourth-order valence-corrected chi connectivity index (χ4v) is 1.51. The molecule has 0 fully saturated rings. The van der Waals surface area contributed by atoms with Crippen LogP contribution in [0.25, 0.3) is 0 Å². The van der Waals surface area contributed by atoms with Crippen LogP contribution in [0.5, 0.6) is 0 Å². The van der Waals surface area contributed by atoms with Crippen molar-refractivity contribution in [2.45, 2.75) is 65.9 Å². The highest BCUT2D eigenvalue weighted by atomic mass is 17.2. The van der Waals surface area contributed by atoms with E-state index in [-0.39, 0.29) is 0 Å². The van der Waals surface area contributed by atoms with Gasteiger partial charge in [0.1, 0.15) is 6.61 Å². The van der Waals surface area contributed by atoms with E-state index in [1.807, 2.05) is 30.3 Å². The maximum absolute atomic E-state index is 5.07. The lowest BCUT2D eigenvalue weighted by molar-refractivity contribution is -0.304. The summed E-state index contributed by atoms with van der Waals surface area (Å²) in [4.78, 5) is 10.1. The van der Waals surface area contributed by atoms with Crippen LogP contribution < -0.4 is 0 Å². The minimum Gasteiger partial charge on any atom is -0.236 e. The number of unbranched alkanes of at least 4 members (excludes halogenated alkanes) is 4. The summed E-state index contributed by atoms with van der Waals surface area (Å²) in [5, 5.41) is 0. The first-order valence-electron chi connectivity index (χ1n) is 7.63. The van der Waals surface area contributed by atoms with Crippen LogP contribution in [0.2, 0.25) is 0 Å². The van der Waals surface area contributed by atoms with E-state index in [0.29, 0.717) is 13.2 Å². The van der Waals surface area contributed by atoms with Crippen molar-refractivity contribution in [1.29, 1.82) is 0 Å². The lowest BCUT2D eigenvalue weighted by Crippen LogP contribution is -1.97. The van der Waals surface area contributed by atoms with Crippen LogP contribution in [-0.2, 0) is 16.4 Å². The van der Waals surface area contributed by atoms with E-state index in [1.54, 1.807) is 0 Å². The van der Waals surface area contributed by atoms with Gasteiger partial charge in [-0.3, -0.25) is 0 Å². The Morgan fingerprint density at radius 2 is 1.37 bits per heavy atom. The summed E-state index contributed by atoms with van der Waals surface area (Å²) < 4.78 is 0. The van der Waals surface area contributed by atoms with E-state index in [1.165, 1.54) is 32.1 Å². The molecule has 2 nitrogen and oxygen atoms in total. The molecule has 0 radical (unpaired) electrons. The molecule has 0 heterocycles. The summed E-state index contributed by atoms with van der Waals surface area (Å²) in [6.07, 6.45) is 7.56. The Bertz CT molecular complexity index is 257. The van der Waals surface area contributed by atoms with Crippen LogP contribution >= 0.6 is 0 Å². The minimum atomic E-state index is 0.535. The van der Waals surface area contributed by atoms with Gasteiger partial charge >= 0.3 is 0 Å². The molecule has 2 heteroatoms. The van der Waals surface area contributed by atoms with Crippen LogP contribution in [0.15, 0.2) is 30.3 Å². The van der Waals surface area contributed by atoms with Gasteiger partial charge < -0.3 is 0 Å². The van der Waals surface area contributed by atoms with Crippen LogP contribution in [0.4, 0.5) is 0 Å². The van der Waals surface area contributed by atoms with Crippen LogP contribution in [0.3, 0.4) is 0 Å². The van der Waals surface area contributed by atoms with Gasteiger partial charge in [-0.25, -0.2) is 9.78 Å². The second-order valence-corrected chi connectivity index (χ2v) is 4.63. The normalized spacial score (nSPS) is 9.84. The van der Waals surface area contributed by atoms with Gasteiger partial charge in [-0.05, 0) is 12.0 Å². The number of hydrogen-bond donors (Lipinski definition) is 0. The molecular formula is C17H30O2. The Hall–Kier alpha value is -0.860. The predicted octanol–water partition coefficient (Wildman–Crippen LogP) is 5.52. The van der Waals surface area contributed by atoms with E-state index in [2.05, 4.69) is 20.8 Å². The van der Waals surface area contributed by atoms with Gasteiger partial charge in [0.2, 0.25) is 0 Å². The average Bonchev–Trinajstić information content (AvgIpc) is 2.45. The van der Waals surface area contributed by atoms with Gasteiger partial charge in [-0.1, -0.05) is 83.2 Å². The maximum atomic E-state index is 5.07. The van der Waals surface area contributed by atoms with E-state index in [0.717, 1.165) is 12.0 Å². The molecule has 0 atom stereocenters. The molecule has 0 saturated heterocycles. The Kier molecular flexibility index (Phi) is 14.5. The summed E-state index contributed by atoms with van der Waals surface area (Å²) in [7, 11) is 0. The van der Waals surface area contributed by atoms with Crippen molar-refractivity contribution in [1.82, 2.24) is 0 Å². The molecule has 0 bridgehead atoms. The third-order valence-electron chi connectivity index (χ3n) is 2.69. The van der Waals surface area contributed by atoms with Gasteiger partial charge in [-0.2, -0.15) is 0 Å². The molecule has 1 rings (SSSR count). The SMILES string of the molecule is CCCCC.CCCCCOOCc1ccccc1. The van der Waals surface area contributed by atoms with Gasteiger partial charge in [0, 0.05) is 0 Å². The average molecular weight is 266 g/mol. The molecule has 0 amide bonds. The monoisotopic (exact) mass is 266 g/mol. The van der Waals surface area contributed by atoms with E-state index in [4.69, 9.17) is 9.78 Å². The van der Waals surface area contributed by atoms with Gasteiger partial charge in [-0.15, -0.1) is 0 Å². The van der Waals surface area contributed by atoms with Gasteiger partial charge in [0.05, 0.1) is 6.61 Å². The third-order valence-corrected chi connectivity index (χ3v) is 2.69. The molecule has 0 aliphatic heterocycles. The molecule has 0 spiro atoms. The van der Waals surface area contributed by atoms with Crippen LogP contribution in [-0.4, -0.2) is 6.61 Å². The molecule has 0 aliphatic rings. The number of hydrogen-bond acceptors (Lipinski definition) is 2. The Labute approximate surface area is 119 Å². The third kappa shape index (κ3) is 13.4. The molecule has 0 saturated carbocycles. The highest BCUT2D eigenvalue weighted by molar-refractivity contribution is 5.13. The Morgan fingerprint density at radius 3 is 1.89 bits per heavy atom. The standard InChI is InChI=1S/C12H18O2.C5H12/c1-2-3-7-10-13-14-11-12-8-5-4-6-9-12;1-3-5-4-2/h4-6,8-9H,2-3,7,10-11H2,1H3;3-5H2,1-2H3. The zero-order chi connectivity index (χ0) is 14.2. The highest BCUT2D eigenvalue weighted by Gasteiger charge is 1.92. The summed E-state index contributed by atoms with van der Waals surface area (Å²) in [6.45, 7) is 7.82. The fraction of sp³-hybridized carbons (Fsp3) is 0.647. The molecule has 0 unspecified atom stereocenters. The van der Waals surface area contributed by atoms with Crippen molar-refractivity contribution in [2.24, 2.45) is 0 Å². The molecule has 1 aromatic carbocycles. The zero-order valence-electron chi connectivity index (χ0n) is 12.9. The Morgan fingerprint density at radius 1 is 0.737 bits per heavy atom. The van der Waals surface area contributed by atoms with Crippen molar-refractivity contribution in [3.05, 3.63) is 35.9 Å². The lowest BCUT2D eigenvalue weighted by Gasteiger charge is -2.03. The van der Waals surface area contributed by atoms with E-state index in [9.17, 15) is 0 Å². The number of rotatable bonds is 9. The van der Waals surface area contributed by atoms with Crippen LogP contribution in [0, 0.1) is 0 Å². The molecule has 0 aromatic heterocycles. The zero-order valence-corrected chi connectivity index (χ0v) is 12.9. The molecule has 0 N–H and O–H groups in total. The van der Waals surface area contributed by atoms with Crippen molar-refractivity contribution in [3.8, 4) is 0 Å². The first-order valence-corrected chi connectivity index (χ1v) is 7.63. The van der Waals surface area contributed by atoms with E-state index >= 15 is 0 Å². The van der Waals surface area contributed by atoms with Crippen molar-refractivity contribution in [3.63, 3.8) is 0 Å². The minimum absolute atomic E-state index is 0.535. The molecule has 110 valence electrons. The van der Waals surface area contributed by atoms with Crippen molar-refractivity contribution >= 4 is 0 Å². The largest absolute Gasteiger partial charge is 0.236 e. The van der Waals surface area contributed by atoms with Crippen molar-refractivity contribution in [2.75, 3.05) is 6.61 Å². The Balaban J connectivity index is 0.000000555. The topological polar surface area (TPSA) is 18.5 Å². The molecule has 19 heavy (non-hydrogen) atoms. The summed E-state index contributed by atoms with van der Waals surface area (Å²) in [5.41, 5.74) is 1.14. The predicted molar refractivity (Wildman–Crippen MR) is 81.9 cm³/mol.